The molecule has 1 saturated heterocycles. The van der Waals surface area contributed by atoms with Crippen molar-refractivity contribution in [3.05, 3.63) is 40.8 Å². The standard InChI is InChI=1S/C37H59N4OS.HI/c1-5-7-9-11-13-15-19-31(20-16-14-12-10-8-6-2)35(42)23-26-41(4)27-24-40(25-28-41)36-32-29-30(3)43-37(32)39-34-22-18-17-21-33(34)38-36;/h17-18,21-22,29,31,39H,5-16,19-20,23-28H2,1-4H3;1H/q+1;/p-1. The van der Waals surface area contributed by atoms with Crippen LogP contribution in [0.3, 0.4) is 0 Å². The number of carbonyl (C=O) groups excluding carboxylic acids is 1. The number of halogens is 1. The Morgan fingerprint density at radius 1 is 0.932 bits per heavy atom. The Balaban J connectivity index is 0.00000529. The lowest BCUT2D eigenvalue weighted by molar-refractivity contribution is -0.912. The molecular weight excluding hydrogens is 675 g/mol. The molecule has 4 rings (SSSR count). The van der Waals surface area contributed by atoms with Crippen LogP contribution in [-0.4, -0.2) is 60.8 Å². The Kier molecular flexibility index (Phi) is 16.2. The van der Waals surface area contributed by atoms with E-state index < -0.39 is 0 Å². The summed E-state index contributed by atoms with van der Waals surface area (Å²) in [6.07, 6.45) is 18.6. The van der Waals surface area contributed by atoms with E-state index in [4.69, 9.17) is 4.99 Å². The molecule has 2 aliphatic heterocycles. The summed E-state index contributed by atoms with van der Waals surface area (Å²) in [7, 11) is 2.37. The van der Waals surface area contributed by atoms with Crippen LogP contribution in [0.4, 0.5) is 16.4 Å². The van der Waals surface area contributed by atoms with Crippen LogP contribution in [0, 0.1) is 12.8 Å². The number of nitrogens with zero attached hydrogens (tertiary/aromatic N) is 3. The second-order valence-corrected chi connectivity index (χ2v) is 14.7. The van der Waals surface area contributed by atoms with E-state index in [0.717, 1.165) is 73.7 Å². The van der Waals surface area contributed by atoms with Crippen molar-refractivity contribution in [2.45, 2.75) is 117 Å². The van der Waals surface area contributed by atoms with Crippen molar-refractivity contribution in [1.82, 2.24) is 4.90 Å². The molecule has 0 saturated carbocycles. The number of carbonyl (C=O) groups is 1. The molecule has 1 aromatic heterocycles. The molecule has 3 heterocycles. The van der Waals surface area contributed by atoms with Gasteiger partial charge in [0.05, 0.1) is 63.1 Å². The minimum absolute atomic E-state index is 0. The Bertz CT molecular complexity index is 1150. The number of hydrogen-bond acceptors (Lipinski definition) is 5. The summed E-state index contributed by atoms with van der Waals surface area (Å²) in [5, 5.41) is 4.83. The number of benzene rings is 1. The largest absolute Gasteiger partial charge is 1.00 e. The van der Waals surface area contributed by atoms with Gasteiger partial charge in [-0.05, 0) is 38.0 Å². The van der Waals surface area contributed by atoms with Gasteiger partial charge in [0.25, 0.3) is 0 Å². The summed E-state index contributed by atoms with van der Waals surface area (Å²) in [6, 6.07) is 10.7. The molecule has 0 aliphatic carbocycles. The molecule has 5 nitrogen and oxygen atoms in total. The third-order valence-electron chi connectivity index (χ3n) is 9.76. The van der Waals surface area contributed by atoms with E-state index in [1.807, 2.05) is 11.3 Å². The number of aryl methyl sites for hydroxylation is 1. The van der Waals surface area contributed by atoms with Gasteiger partial charge >= 0.3 is 0 Å². The molecule has 1 N–H and O–H groups in total. The first kappa shape index (κ1) is 37.0. The Morgan fingerprint density at radius 2 is 1.52 bits per heavy atom. The van der Waals surface area contributed by atoms with Crippen molar-refractivity contribution in [2.75, 3.05) is 45.1 Å². The van der Waals surface area contributed by atoms with Gasteiger partial charge in [0, 0.05) is 10.8 Å². The zero-order valence-electron chi connectivity index (χ0n) is 28.1. The van der Waals surface area contributed by atoms with E-state index in [0.29, 0.717) is 5.78 Å². The van der Waals surface area contributed by atoms with Gasteiger partial charge in [0.1, 0.15) is 16.6 Å². The smallest absolute Gasteiger partial charge is 0.141 e. The number of rotatable bonds is 18. The van der Waals surface area contributed by atoms with E-state index in [9.17, 15) is 4.79 Å². The lowest BCUT2D eigenvalue weighted by Crippen LogP contribution is -3.00. The Labute approximate surface area is 289 Å². The summed E-state index contributed by atoms with van der Waals surface area (Å²) >= 11 is 1.81. The van der Waals surface area contributed by atoms with E-state index in [1.165, 1.54) is 92.5 Å². The molecule has 246 valence electrons. The number of aliphatic imine (C=N–C) groups is 1. The molecule has 0 bridgehead atoms. The average molecular weight is 735 g/mol. The normalized spacial score (nSPS) is 15.6. The van der Waals surface area contributed by atoms with Crippen LogP contribution in [0.5, 0.6) is 0 Å². The van der Waals surface area contributed by atoms with Gasteiger partial charge in [0.2, 0.25) is 0 Å². The molecule has 2 aromatic rings. The third-order valence-corrected chi connectivity index (χ3v) is 10.7. The summed E-state index contributed by atoms with van der Waals surface area (Å²) < 4.78 is 0.987. The van der Waals surface area contributed by atoms with Crippen molar-refractivity contribution < 1.29 is 33.3 Å². The summed E-state index contributed by atoms with van der Waals surface area (Å²) in [5.41, 5.74) is 3.30. The van der Waals surface area contributed by atoms with Crippen molar-refractivity contribution in [3.63, 3.8) is 0 Å². The molecule has 2 aliphatic rings. The van der Waals surface area contributed by atoms with Gasteiger partial charge in [-0.2, -0.15) is 0 Å². The minimum atomic E-state index is 0. The summed E-state index contributed by atoms with van der Waals surface area (Å²) in [4.78, 5) is 22.6. The molecule has 7 heteroatoms. The molecule has 0 unspecified atom stereocenters. The highest BCUT2D eigenvalue weighted by atomic mass is 127. The maximum absolute atomic E-state index is 13.6. The maximum Gasteiger partial charge on any atom is 0.141 e. The molecule has 44 heavy (non-hydrogen) atoms. The van der Waals surface area contributed by atoms with Crippen LogP contribution in [0.2, 0.25) is 0 Å². The van der Waals surface area contributed by atoms with Crippen LogP contribution in [0.25, 0.3) is 0 Å². The van der Waals surface area contributed by atoms with Crippen molar-refractivity contribution in [2.24, 2.45) is 10.9 Å². The van der Waals surface area contributed by atoms with Crippen LogP contribution in [0.1, 0.15) is 121 Å². The number of thiophene rings is 1. The number of quaternary nitrogens is 1. The number of nitrogens with one attached hydrogen (secondary N) is 1. The number of ketones is 1. The highest BCUT2D eigenvalue weighted by Gasteiger charge is 2.33. The fraction of sp³-hybridized carbons (Fsp3) is 0.676. The van der Waals surface area contributed by atoms with Crippen molar-refractivity contribution >= 4 is 39.3 Å². The number of likely N-dealkylation sites (N-methyl/N-ethyl adjacent to an activating group) is 1. The zero-order chi connectivity index (χ0) is 30.5. The van der Waals surface area contributed by atoms with Gasteiger partial charge in [-0.25, -0.2) is 4.99 Å². The van der Waals surface area contributed by atoms with Crippen LogP contribution in [0.15, 0.2) is 35.3 Å². The molecule has 0 radical (unpaired) electrons. The number of hydrogen-bond donors (Lipinski definition) is 1. The molecule has 0 spiro atoms. The number of fused-ring (bicyclic) bond motifs is 2. The predicted molar refractivity (Wildman–Crippen MR) is 186 cm³/mol. The van der Waals surface area contributed by atoms with Crippen LogP contribution < -0.4 is 29.3 Å². The monoisotopic (exact) mass is 734 g/mol. The highest BCUT2D eigenvalue weighted by Crippen LogP contribution is 2.39. The van der Waals surface area contributed by atoms with E-state index >= 15 is 0 Å². The third kappa shape index (κ3) is 11.1. The van der Waals surface area contributed by atoms with Gasteiger partial charge in [-0.15, -0.1) is 11.3 Å². The fourth-order valence-corrected chi connectivity index (χ4v) is 7.68. The van der Waals surface area contributed by atoms with E-state index in [1.54, 1.807) is 0 Å². The number of piperazine rings is 1. The predicted octanol–water partition coefficient (Wildman–Crippen LogP) is 7.03. The Hall–Kier alpha value is -1.45. The van der Waals surface area contributed by atoms with Gasteiger partial charge in [-0.1, -0.05) is 103 Å². The van der Waals surface area contributed by atoms with Crippen LogP contribution in [-0.2, 0) is 4.79 Å². The first-order valence-corrected chi connectivity index (χ1v) is 18.4. The number of unbranched alkanes of at least 4 members (excludes halogenated alkanes) is 10. The van der Waals surface area contributed by atoms with Gasteiger partial charge in [-0.3, -0.25) is 4.79 Å². The average Bonchev–Trinajstić information content (AvgIpc) is 3.30. The first-order chi connectivity index (χ1) is 20.9. The molecule has 1 fully saturated rings. The second kappa shape index (κ2) is 19.3. The van der Waals surface area contributed by atoms with Crippen molar-refractivity contribution in [1.29, 1.82) is 0 Å². The van der Waals surface area contributed by atoms with E-state index in [-0.39, 0.29) is 29.9 Å². The van der Waals surface area contributed by atoms with E-state index in [2.05, 4.69) is 68.4 Å². The first-order valence-electron chi connectivity index (χ1n) is 17.6. The lowest BCUT2D eigenvalue weighted by atomic mass is 9.89. The fourth-order valence-electron chi connectivity index (χ4n) is 6.76. The van der Waals surface area contributed by atoms with Gasteiger partial charge < -0.3 is 38.7 Å². The molecule has 1 aromatic carbocycles. The number of Topliss-reactive ketones (excluding diaryl/α,β-unsaturated/α-hetero) is 1. The minimum Gasteiger partial charge on any atom is -1.00 e. The van der Waals surface area contributed by atoms with Gasteiger partial charge in [0.15, 0.2) is 0 Å². The second-order valence-electron chi connectivity index (χ2n) is 13.5. The Morgan fingerprint density at radius 3 is 2.16 bits per heavy atom. The lowest BCUT2D eigenvalue weighted by Gasteiger charge is -2.43. The molecule has 0 amide bonds. The summed E-state index contributed by atoms with van der Waals surface area (Å²) in [6.45, 7) is 11.8. The number of amidine groups is 1. The highest BCUT2D eigenvalue weighted by molar-refractivity contribution is 7.16. The SMILES string of the molecule is CCCCCCCCC(CCCCCCCC)C(=O)CC[N+]1(C)CCN(C2=Nc3ccccc3Nc3sc(C)cc32)CC1.[I-]. The quantitative estimate of drug-likeness (QED) is 0.102. The van der Waals surface area contributed by atoms with Crippen LogP contribution >= 0.6 is 11.3 Å². The maximum atomic E-state index is 13.6. The number of anilines is 2. The summed E-state index contributed by atoms with van der Waals surface area (Å²) in [5.74, 6) is 1.91. The zero-order valence-corrected chi connectivity index (χ0v) is 31.1. The van der Waals surface area contributed by atoms with Crippen molar-refractivity contribution in [3.8, 4) is 0 Å². The molecular formula is C37H59IN4OS. The molecule has 0 atom stereocenters. The number of para-hydroxylation sites is 2. The topological polar surface area (TPSA) is 44.7 Å².